The summed E-state index contributed by atoms with van der Waals surface area (Å²) in [6.07, 6.45) is 0. The highest BCUT2D eigenvalue weighted by molar-refractivity contribution is 7.92. The minimum Gasteiger partial charge on any atom is -0.468 e. The Morgan fingerprint density at radius 2 is 1.78 bits per heavy atom. The summed E-state index contributed by atoms with van der Waals surface area (Å²) in [7, 11) is -2.88. The molecule has 0 heterocycles. The third-order valence-corrected chi connectivity index (χ3v) is 5.70. The monoisotopic (exact) mass is 410 g/mol. The Morgan fingerprint density at radius 3 is 2.30 bits per heavy atom. The van der Waals surface area contributed by atoms with Gasteiger partial charge in [-0.15, -0.1) is 0 Å². The molecule has 2 rings (SSSR count). The number of hydrogen-bond donors (Lipinski definition) is 1. The highest BCUT2D eigenvalue weighted by atomic mass is 35.5. The average molecular weight is 411 g/mol. The van der Waals surface area contributed by atoms with Crippen molar-refractivity contribution >= 4 is 44.9 Å². The van der Waals surface area contributed by atoms with E-state index in [9.17, 15) is 18.0 Å². The van der Waals surface area contributed by atoms with E-state index >= 15 is 0 Å². The second-order valence-electron chi connectivity index (χ2n) is 5.72. The van der Waals surface area contributed by atoms with Crippen LogP contribution < -0.4 is 9.62 Å². The fraction of sp³-hybridized carbons (Fsp3) is 0.222. The Hall–Kier alpha value is -2.58. The van der Waals surface area contributed by atoms with Gasteiger partial charge in [-0.1, -0.05) is 11.6 Å². The van der Waals surface area contributed by atoms with E-state index in [2.05, 4.69) is 10.1 Å². The molecule has 1 amide bonds. The molecule has 144 valence electrons. The van der Waals surface area contributed by atoms with Crippen molar-refractivity contribution in [2.75, 3.05) is 23.3 Å². The van der Waals surface area contributed by atoms with Crippen molar-refractivity contribution in [1.82, 2.24) is 0 Å². The molecule has 9 heteroatoms. The molecule has 0 aliphatic carbocycles. The molecule has 27 heavy (non-hydrogen) atoms. The van der Waals surface area contributed by atoms with Gasteiger partial charge in [0, 0.05) is 17.6 Å². The number of rotatable bonds is 6. The van der Waals surface area contributed by atoms with Gasteiger partial charge in [0.15, 0.2) is 0 Å². The number of nitrogens with zero attached hydrogens (tertiary/aromatic N) is 1. The number of halogens is 1. The number of methoxy groups -OCH3 is 1. The van der Waals surface area contributed by atoms with Crippen LogP contribution in [0.5, 0.6) is 0 Å². The van der Waals surface area contributed by atoms with Crippen molar-refractivity contribution in [3.8, 4) is 0 Å². The zero-order valence-electron chi connectivity index (χ0n) is 15.0. The number of anilines is 2. The summed E-state index contributed by atoms with van der Waals surface area (Å²) in [4.78, 5) is 22.9. The van der Waals surface area contributed by atoms with Crippen molar-refractivity contribution in [3.05, 3.63) is 53.1 Å². The van der Waals surface area contributed by atoms with Crippen LogP contribution in [0.25, 0.3) is 0 Å². The summed E-state index contributed by atoms with van der Waals surface area (Å²) >= 11 is 5.95. The number of benzene rings is 2. The molecule has 0 fully saturated rings. The smallest absolute Gasteiger partial charge is 0.326 e. The molecule has 0 spiro atoms. The molecule has 0 saturated carbocycles. The first-order chi connectivity index (χ1) is 12.6. The highest BCUT2D eigenvalue weighted by Crippen LogP contribution is 2.29. The second kappa shape index (κ2) is 8.41. The fourth-order valence-electron chi connectivity index (χ4n) is 2.42. The van der Waals surface area contributed by atoms with Gasteiger partial charge >= 0.3 is 5.97 Å². The largest absolute Gasteiger partial charge is 0.468 e. The SMILES string of the molecule is COC(=O)CN(c1ccc(Cl)cc1C)S(=O)(=O)c1ccc(NC(C)=O)cc1. The summed E-state index contributed by atoms with van der Waals surface area (Å²) in [5.74, 6) is -0.975. The van der Waals surface area contributed by atoms with Gasteiger partial charge in [0.1, 0.15) is 6.54 Å². The van der Waals surface area contributed by atoms with Gasteiger partial charge in [-0.2, -0.15) is 0 Å². The number of aryl methyl sites for hydroxylation is 1. The summed E-state index contributed by atoms with van der Waals surface area (Å²) in [5, 5.41) is 3.02. The minimum absolute atomic E-state index is 0.0325. The van der Waals surface area contributed by atoms with Gasteiger partial charge in [0.25, 0.3) is 10.0 Å². The highest BCUT2D eigenvalue weighted by Gasteiger charge is 2.28. The molecule has 0 atom stereocenters. The second-order valence-corrected chi connectivity index (χ2v) is 8.02. The first-order valence-electron chi connectivity index (χ1n) is 7.88. The third-order valence-electron chi connectivity index (χ3n) is 3.69. The maximum atomic E-state index is 13.2. The van der Waals surface area contributed by atoms with E-state index in [1.54, 1.807) is 19.1 Å². The van der Waals surface area contributed by atoms with E-state index in [-0.39, 0.29) is 10.8 Å². The van der Waals surface area contributed by atoms with Gasteiger partial charge in [-0.25, -0.2) is 8.42 Å². The summed E-state index contributed by atoms with van der Waals surface area (Å²) in [6.45, 7) is 2.56. The molecule has 1 N–H and O–H groups in total. The van der Waals surface area contributed by atoms with Crippen LogP contribution in [0.4, 0.5) is 11.4 Å². The lowest BCUT2D eigenvalue weighted by Gasteiger charge is -2.25. The quantitative estimate of drug-likeness (QED) is 0.739. The maximum absolute atomic E-state index is 13.2. The normalized spacial score (nSPS) is 11.0. The van der Waals surface area contributed by atoms with E-state index < -0.39 is 22.5 Å². The summed E-state index contributed by atoms with van der Waals surface area (Å²) in [5.41, 5.74) is 1.37. The molecule has 0 saturated heterocycles. The van der Waals surface area contributed by atoms with E-state index in [1.165, 1.54) is 44.4 Å². The van der Waals surface area contributed by atoms with E-state index in [4.69, 9.17) is 11.6 Å². The summed E-state index contributed by atoms with van der Waals surface area (Å²) < 4.78 is 31.9. The topological polar surface area (TPSA) is 92.8 Å². The van der Waals surface area contributed by atoms with Crippen molar-refractivity contribution in [1.29, 1.82) is 0 Å². The Kier molecular flexibility index (Phi) is 6.45. The Labute approximate surface area is 162 Å². The molecule has 7 nitrogen and oxygen atoms in total. The predicted molar refractivity (Wildman–Crippen MR) is 103 cm³/mol. The van der Waals surface area contributed by atoms with Crippen LogP contribution in [0.2, 0.25) is 5.02 Å². The molecule has 0 radical (unpaired) electrons. The van der Waals surface area contributed by atoms with Crippen molar-refractivity contribution < 1.29 is 22.7 Å². The van der Waals surface area contributed by atoms with Crippen molar-refractivity contribution in [2.45, 2.75) is 18.7 Å². The number of ether oxygens (including phenoxy) is 1. The molecule has 0 bridgehead atoms. The number of hydrogen-bond acceptors (Lipinski definition) is 5. The molecule has 2 aromatic carbocycles. The summed E-state index contributed by atoms with van der Waals surface area (Å²) in [6, 6.07) is 10.3. The maximum Gasteiger partial charge on any atom is 0.326 e. The molecular weight excluding hydrogens is 392 g/mol. The number of sulfonamides is 1. The van der Waals surface area contributed by atoms with E-state index in [0.29, 0.717) is 22.0 Å². The lowest BCUT2D eigenvalue weighted by molar-refractivity contribution is -0.138. The van der Waals surface area contributed by atoms with Crippen molar-refractivity contribution in [2.24, 2.45) is 0 Å². The van der Waals surface area contributed by atoms with Crippen LogP contribution in [-0.4, -0.2) is 33.9 Å². The lowest BCUT2D eigenvalue weighted by atomic mass is 10.2. The van der Waals surface area contributed by atoms with E-state index in [1.807, 2.05) is 0 Å². The van der Waals surface area contributed by atoms with Crippen LogP contribution in [0.1, 0.15) is 12.5 Å². The number of carbonyl (C=O) groups is 2. The number of esters is 1. The first kappa shape index (κ1) is 20.7. The zero-order valence-corrected chi connectivity index (χ0v) is 16.6. The predicted octanol–water partition coefficient (Wildman–Crippen LogP) is 2.98. The van der Waals surface area contributed by atoms with Gasteiger partial charge in [-0.3, -0.25) is 13.9 Å². The van der Waals surface area contributed by atoms with E-state index in [0.717, 1.165) is 4.31 Å². The van der Waals surface area contributed by atoms with Crippen LogP contribution in [0, 0.1) is 6.92 Å². The lowest BCUT2D eigenvalue weighted by Crippen LogP contribution is -2.36. The van der Waals surface area contributed by atoms with Crippen LogP contribution >= 0.6 is 11.6 Å². The number of nitrogens with one attached hydrogen (secondary N) is 1. The fourth-order valence-corrected chi connectivity index (χ4v) is 4.12. The van der Waals surface area contributed by atoms with Crippen molar-refractivity contribution in [3.63, 3.8) is 0 Å². The third kappa shape index (κ3) is 4.99. The molecule has 0 aliphatic rings. The number of carbonyl (C=O) groups excluding carboxylic acids is 2. The molecular formula is C18H19ClN2O5S. The number of amides is 1. The zero-order chi connectivity index (χ0) is 20.2. The van der Waals surface area contributed by atoms with Gasteiger partial charge < -0.3 is 10.1 Å². The van der Waals surface area contributed by atoms with Gasteiger partial charge in [-0.05, 0) is 55.0 Å². The molecule has 0 unspecified atom stereocenters. The molecule has 0 aliphatic heterocycles. The minimum atomic E-state index is -4.06. The molecule has 0 aromatic heterocycles. The molecule has 2 aromatic rings. The van der Waals surface area contributed by atoms with Crippen LogP contribution in [-0.2, 0) is 24.3 Å². The Bertz CT molecular complexity index is 958. The Balaban J connectivity index is 2.49. The van der Waals surface area contributed by atoms with Gasteiger partial charge in [0.05, 0.1) is 17.7 Å². The van der Waals surface area contributed by atoms with Crippen LogP contribution in [0.3, 0.4) is 0 Å². The standard InChI is InChI=1S/C18H19ClN2O5S/c1-12-10-14(19)4-9-17(12)21(11-18(23)26-3)27(24,25)16-7-5-15(6-8-16)20-13(2)22/h4-10H,11H2,1-3H3,(H,20,22). The Morgan fingerprint density at radius 1 is 1.15 bits per heavy atom. The average Bonchev–Trinajstić information content (AvgIpc) is 2.60. The van der Waals surface area contributed by atoms with Crippen LogP contribution in [0.15, 0.2) is 47.4 Å². The first-order valence-corrected chi connectivity index (χ1v) is 9.70. The van der Waals surface area contributed by atoms with Gasteiger partial charge in [0.2, 0.25) is 5.91 Å².